The van der Waals surface area contributed by atoms with Crippen LogP contribution in [0.4, 0.5) is 17.1 Å². The summed E-state index contributed by atoms with van der Waals surface area (Å²) in [6, 6.07) is 73.4. The first-order valence-electron chi connectivity index (χ1n) is 18.7. The molecule has 3 heteroatoms. The maximum atomic E-state index is 2.44. The highest BCUT2D eigenvalue weighted by Crippen LogP contribution is 2.46. The Morgan fingerprint density at radius 2 is 0.818 bits per heavy atom. The van der Waals surface area contributed by atoms with Crippen LogP contribution in [-0.4, -0.2) is 0 Å². The van der Waals surface area contributed by atoms with Gasteiger partial charge in [-0.25, -0.2) is 0 Å². The van der Waals surface area contributed by atoms with Gasteiger partial charge in [0.2, 0.25) is 0 Å². The van der Waals surface area contributed by atoms with Crippen LogP contribution in [0.2, 0.25) is 0 Å². The Hall–Kier alpha value is -6.52. The third-order valence-electron chi connectivity index (χ3n) is 10.9. The molecule has 55 heavy (non-hydrogen) atoms. The van der Waals surface area contributed by atoms with Gasteiger partial charge in [0, 0.05) is 57.3 Å². The van der Waals surface area contributed by atoms with E-state index in [2.05, 4.69) is 205 Å². The van der Waals surface area contributed by atoms with E-state index in [1.807, 2.05) is 22.7 Å². The number of hydrogen-bond acceptors (Lipinski definition) is 3. The van der Waals surface area contributed by atoms with Crippen LogP contribution < -0.4 is 4.90 Å². The van der Waals surface area contributed by atoms with Crippen LogP contribution >= 0.6 is 22.7 Å². The highest BCUT2D eigenvalue weighted by Gasteiger charge is 2.20. The number of benzene rings is 9. The van der Waals surface area contributed by atoms with Crippen molar-refractivity contribution in [2.24, 2.45) is 0 Å². The molecule has 0 atom stereocenters. The van der Waals surface area contributed by atoms with Gasteiger partial charge in [-0.15, -0.1) is 22.7 Å². The van der Waals surface area contributed by atoms with Crippen molar-refractivity contribution in [3.63, 3.8) is 0 Å². The van der Waals surface area contributed by atoms with E-state index in [1.54, 1.807) is 0 Å². The molecule has 2 aromatic heterocycles. The Bertz CT molecular complexity index is 3220. The summed E-state index contributed by atoms with van der Waals surface area (Å²) in [5, 5.41) is 7.75. The maximum Gasteiger partial charge on any atom is 0.0540 e. The van der Waals surface area contributed by atoms with Crippen LogP contribution in [0.25, 0.3) is 84.5 Å². The highest BCUT2D eigenvalue weighted by atomic mass is 32.1. The van der Waals surface area contributed by atoms with E-state index in [1.165, 1.54) is 84.5 Å². The zero-order chi connectivity index (χ0) is 36.3. The van der Waals surface area contributed by atoms with Crippen molar-refractivity contribution < 1.29 is 0 Å². The standard InChI is InChI=1S/C52H33NS2/c1-2-17-39-34(13-1)14-10-23-42(39)43-18-3-6-26-48(43)53(37-31-29-35(30-32-37)40-21-11-24-46-44-19-4-7-27-49(44)54-51(40)46)38-16-9-15-36(33-38)41-22-12-25-47-45-20-5-8-28-50(45)55-52(41)47/h1-33H. The van der Waals surface area contributed by atoms with Crippen molar-refractivity contribution in [3.05, 3.63) is 200 Å². The van der Waals surface area contributed by atoms with Gasteiger partial charge in [-0.3, -0.25) is 0 Å². The first kappa shape index (κ1) is 32.0. The molecule has 0 aliphatic carbocycles. The molecule has 11 aromatic rings. The number of nitrogens with zero attached hydrogens (tertiary/aromatic N) is 1. The van der Waals surface area contributed by atoms with E-state index in [0.29, 0.717) is 0 Å². The van der Waals surface area contributed by atoms with Crippen molar-refractivity contribution in [1.82, 2.24) is 0 Å². The number of anilines is 3. The molecule has 0 aliphatic heterocycles. The SMILES string of the molecule is c1cc(-c2cccc3c2sc2ccccc23)cc(N(c2ccc(-c3cccc4c3sc3ccccc34)cc2)c2ccccc2-c2cccc3ccccc23)c1. The summed E-state index contributed by atoms with van der Waals surface area (Å²) in [7, 11) is 0. The zero-order valence-corrected chi connectivity index (χ0v) is 31.4. The Kier molecular flexibility index (Phi) is 7.61. The molecular formula is C52H33NS2. The van der Waals surface area contributed by atoms with E-state index in [0.717, 1.165) is 17.1 Å². The van der Waals surface area contributed by atoms with Crippen molar-refractivity contribution in [2.75, 3.05) is 4.90 Å². The Morgan fingerprint density at radius 1 is 0.309 bits per heavy atom. The molecule has 9 aromatic carbocycles. The fourth-order valence-electron chi connectivity index (χ4n) is 8.34. The summed E-state index contributed by atoms with van der Waals surface area (Å²) in [4.78, 5) is 2.44. The van der Waals surface area contributed by atoms with Gasteiger partial charge in [-0.1, -0.05) is 158 Å². The normalized spacial score (nSPS) is 11.6. The quantitative estimate of drug-likeness (QED) is 0.164. The maximum absolute atomic E-state index is 2.44. The minimum atomic E-state index is 1.11. The molecule has 0 spiro atoms. The number of fused-ring (bicyclic) bond motifs is 7. The van der Waals surface area contributed by atoms with Gasteiger partial charge in [0.1, 0.15) is 0 Å². The van der Waals surface area contributed by atoms with Crippen LogP contribution in [0.1, 0.15) is 0 Å². The first-order chi connectivity index (χ1) is 27.3. The van der Waals surface area contributed by atoms with Gasteiger partial charge in [-0.2, -0.15) is 0 Å². The number of para-hydroxylation sites is 1. The number of rotatable bonds is 6. The molecule has 0 radical (unpaired) electrons. The second kappa shape index (κ2) is 13.1. The van der Waals surface area contributed by atoms with Gasteiger partial charge in [-0.05, 0) is 81.1 Å². The third-order valence-corrected chi connectivity index (χ3v) is 13.3. The largest absolute Gasteiger partial charge is 0.310 e. The molecule has 0 saturated carbocycles. The third kappa shape index (κ3) is 5.35. The number of hydrogen-bond donors (Lipinski definition) is 0. The second-order valence-electron chi connectivity index (χ2n) is 14.0. The molecule has 0 saturated heterocycles. The average molecular weight is 736 g/mol. The summed E-state index contributed by atoms with van der Waals surface area (Å²) in [6.07, 6.45) is 0. The second-order valence-corrected chi connectivity index (χ2v) is 16.1. The molecule has 1 nitrogen and oxygen atoms in total. The minimum absolute atomic E-state index is 1.11. The van der Waals surface area contributed by atoms with E-state index in [9.17, 15) is 0 Å². The van der Waals surface area contributed by atoms with Crippen molar-refractivity contribution in [3.8, 4) is 33.4 Å². The fraction of sp³-hybridized carbons (Fsp3) is 0. The summed E-state index contributed by atoms with van der Waals surface area (Å²) < 4.78 is 5.29. The van der Waals surface area contributed by atoms with E-state index in [-0.39, 0.29) is 0 Å². The minimum Gasteiger partial charge on any atom is -0.310 e. The van der Waals surface area contributed by atoms with Gasteiger partial charge >= 0.3 is 0 Å². The molecule has 0 bridgehead atoms. The Morgan fingerprint density at radius 3 is 1.55 bits per heavy atom. The van der Waals surface area contributed by atoms with Gasteiger partial charge in [0.05, 0.1) is 5.69 Å². The lowest BCUT2D eigenvalue weighted by Gasteiger charge is -2.29. The van der Waals surface area contributed by atoms with Crippen molar-refractivity contribution >= 4 is 90.9 Å². The molecule has 0 amide bonds. The van der Waals surface area contributed by atoms with Crippen molar-refractivity contribution in [2.45, 2.75) is 0 Å². The Balaban J connectivity index is 1.10. The van der Waals surface area contributed by atoms with Crippen LogP contribution in [0.5, 0.6) is 0 Å². The Labute approximate surface area is 327 Å². The van der Waals surface area contributed by atoms with Crippen LogP contribution in [-0.2, 0) is 0 Å². The predicted molar refractivity (Wildman–Crippen MR) is 241 cm³/mol. The van der Waals surface area contributed by atoms with Gasteiger partial charge in [0.15, 0.2) is 0 Å². The van der Waals surface area contributed by atoms with E-state index >= 15 is 0 Å². The van der Waals surface area contributed by atoms with Gasteiger partial charge in [0.25, 0.3) is 0 Å². The lowest BCUT2D eigenvalue weighted by atomic mass is 9.95. The van der Waals surface area contributed by atoms with E-state index < -0.39 is 0 Å². The van der Waals surface area contributed by atoms with Crippen LogP contribution in [0, 0.1) is 0 Å². The molecule has 0 aliphatic rings. The lowest BCUT2D eigenvalue weighted by molar-refractivity contribution is 1.28. The summed E-state index contributed by atoms with van der Waals surface area (Å²) in [6.45, 7) is 0. The van der Waals surface area contributed by atoms with Gasteiger partial charge < -0.3 is 4.90 Å². The summed E-state index contributed by atoms with van der Waals surface area (Å²) in [5.41, 5.74) is 10.7. The molecule has 258 valence electrons. The smallest absolute Gasteiger partial charge is 0.0540 e. The van der Waals surface area contributed by atoms with E-state index in [4.69, 9.17) is 0 Å². The zero-order valence-electron chi connectivity index (χ0n) is 29.8. The highest BCUT2D eigenvalue weighted by molar-refractivity contribution is 7.26. The molecule has 0 fully saturated rings. The van der Waals surface area contributed by atoms with Crippen LogP contribution in [0.3, 0.4) is 0 Å². The summed E-state index contributed by atoms with van der Waals surface area (Å²) >= 11 is 3.76. The molecule has 0 N–H and O–H groups in total. The summed E-state index contributed by atoms with van der Waals surface area (Å²) in [5.74, 6) is 0. The molecular weight excluding hydrogens is 703 g/mol. The monoisotopic (exact) mass is 735 g/mol. The average Bonchev–Trinajstić information content (AvgIpc) is 3.83. The lowest BCUT2D eigenvalue weighted by Crippen LogP contribution is -2.11. The fourth-order valence-corrected chi connectivity index (χ4v) is 10.8. The molecule has 11 rings (SSSR count). The van der Waals surface area contributed by atoms with Crippen LogP contribution in [0.15, 0.2) is 200 Å². The predicted octanol–water partition coefficient (Wildman–Crippen LogP) is 16.0. The molecule has 0 unspecified atom stereocenters. The van der Waals surface area contributed by atoms with Crippen molar-refractivity contribution in [1.29, 1.82) is 0 Å². The first-order valence-corrected chi connectivity index (χ1v) is 20.3. The molecule has 2 heterocycles. The number of thiophene rings is 2. The topological polar surface area (TPSA) is 3.24 Å².